The summed E-state index contributed by atoms with van der Waals surface area (Å²) in [5, 5.41) is 2.53. The molecule has 1 aromatic carbocycles. The molecule has 6 heteroatoms. The molecule has 150 valence electrons. The van der Waals surface area contributed by atoms with Crippen LogP contribution in [0.1, 0.15) is 49.2 Å². The van der Waals surface area contributed by atoms with Gasteiger partial charge in [-0.25, -0.2) is 0 Å². The van der Waals surface area contributed by atoms with Crippen molar-refractivity contribution in [1.82, 2.24) is 10.2 Å². The number of esters is 1. The molecular weight excluding hydrogens is 344 g/mol. The molecule has 0 aliphatic heterocycles. The summed E-state index contributed by atoms with van der Waals surface area (Å²) >= 11 is 0. The van der Waals surface area contributed by atoms with Gasteiger partial charge in [0.05, 0.1) is 0 Å². The molecule has 0 radical (unpaired) electrons. The second-order valence-electron chi connectivity index (χ2n) is 7.81. The summed E-state index contributed by atoms with van der Waals surface area (Å²) in [5.74, 6) is -0.520. The van der Waals surface area contributed by atoms with Gasteiger partial charge in [0.15, 0.2) is 6.61 Å². The largest absolute Gasteiger partial charge is 0.454 e. The first-order chi connectivity index (χ1) is 12.6. The Morgan fingerprint density at radius 1 is 0.963 bits per heavy atom. The molecule has 0 saturated carbocycles. The first kappa shape index (κ1) is 22.7. The molecule has 6 nitrogen and oxygen atoms in total. The molecule has 1 aromatic rings. The van der Waals surface area contributed by atoms with Crippen LogP contribution < -0.4 is 5.32 Å². The van der Waals surface area contributed by atoms with Gasteiger partial charge in [-0.3, -0.25) is 14.4 Å². The number of ether oxygens (including phenoxy) is 1. The Morgan fingerprint density at radius 3 is 1.96 bits per heavy atom. The number of rotatable bonds is 9. The highest BCUT2D eigenvalue weighted by atomic mass is 16.5. The fraction of sp³-hybridized carbons (Fsp3) is 0.571. The lowest BCUT2D eigenvalue weighted by molar-refractivity contribution is -0.151. The van der Waals surface area contributed by atoms with Gasteiger partial charge in [-0.15, -0.1) is 0 Å². The van der Waals surface area contributed by atoms with Crippen molar-refractivity contribution in [2.45, 2.75) is 41.5 Å². The molecule has 0 aromatic heterocycles. The number of benzene rings is 1. The van der Waals surface area contributed by atoms with Crippen molar-refractivity contribution in [3.05, 3.63) is 34.9 Å². The quantitative estimate of drug-likeness (QED) is 0.673. The number of amides is 2. The minimum absolute atomic E-state index is 0.216. The van der Waals surface area contributed by atoms with Crippen molar-refractivity contribution in [3.8, 4) is 0 Å². The topological polar surface area (TPSA) is 75.7 Å². The summed E-state index contributed by atoms with van der Waals surface area (Å²) in [7, 11) is 0. The Kier molecular flexibility index (Phi) is 8.98. The Labute approximate surface area is 162 Å². The first-order valence-electron chi connectivity index (χ1n) is 9.38. The number of hydrogen-bond donors (Lipinski definition) is 1. The van der Waals surface area contributed by atoms with Crippen LogP contribution in [0.2, 0.25) is 0 Å². The SMILES string of the molecule is Cc1cc(C)cc(C(=O)NCC(=O)OCC(=O)N(CC(C)C)CC(C)C)c1. The van der Waals surface area contributed by atoms with Crippen LogP contribution in [0, 0.1) is 25.7 Å². The zero-order chi connectivity index (χ0) is 20.6. The van der Waals surface area contributed by atoms with E-state index in [2.05, 4.69) is 5.32 Å². The van der Waals surface area contributed by atoms with Crippen LogP contribution in [0.3, 0.4) is 0 Å². The lowest BCUT2D eigenvalue weighted by Gasteiger charge is -2.26. The van der Waals surface area contributed by atoms with Gasteiger partial charge in [-0.2, -0.15) is 0 Å². The van der Waals surface area contributed by atoms with E-state index in [0.29, 0.717) is 30.5 Å². The number of aryl methyl sites for hydroxylation is 2. The lowest BCUT2D eigenvalue weighted by Crippen LogP contribution is -2.40. The highest BCUT2D eigenvalue weighted by molar-refractivity contribution is 5.96. The van der Waals surface area contributed by atoms with E-state index in [1.54, 1.807) is 17.0 Å². The molecule has 1 N–H and O–H groups in total. The monoisotopic (exact) mass is 376 g/mol. The molecule has 27 heavy (non-hydrogen) atoms. The van der Waals surface area contributed by atoms with Crippen molar-refractivity contribution < 1.29 is 19.1 Å². The number of carbonyl (C=O) groups is 3. The number of nitrogens with zero attached hydrogens (tertiary/aromatic N) is 1. The highest BCUT2D eigenvalue weighted by Gasteiger charge is 2.18. The van der Waals surface area contributed by atoms with Crippen molar-refractivity contribution in [2.75, 3.05) is 26.2 Å². The van der Waals surface area contributed by atoms with E-state index >= 15 is 0 Å². The summed E-state index contributed by atoms with van der Waals surface area (Å²) in [4.78, 5) is 38.1. The summed E-state index contributed by atoms with van der Waals surface area (Å²) < 4.78 is 5.04. The normalized spacial score (nSPS) is 10.8. The molecule has 0 aliphatic rings. The third kappa shape index (κ3) is 8.71. The van der Waals surface area contributed by atoms with E-state index in [0.717, 1.165) is 11.1 Å². The number of nitrogens with one attached hydrogen (secondary N) is 1. The van der Waals surface area contributed by atoms with E-state index in [9.17, 15) is 14.4 Å². The molecule has 0 fully saturated rings. The van der Waals surface area contributed by atoms with Crippen LogP contribution in [-0.2, 0) is 14.3 Å². The smallest absolute Gasteiger partial charge is 0.325 e. The highest BCUT2D eigenvalue weighted by Crippen LogP contribution is 2.08. The molecule has 0 heterocycles. The molecule has 0 atom stereocenters. The molecule has 0 spiro atoms. The number of hydrogen-bond acceptors (Lipinski definition) is 4. The summed E-state index contributed by atoms with van der Waals surface area (Å²) in [5.41, 5.74) is 2.45. The van der Waals surface area contributed by atoms with E-state index in [-0.39, 0.29) is 25.0 Å². The van der Waals surface area contributed by atoms with Gasteiger partial charge < -0.3 is 15.0 Å². The summed E-state index contributed by atoms with van der Waals surface area (Å²) in [6.07, 6.45) is 0. The Morgan fingerprint density at radius 2 is 1.48 bits per heavy atom. The minimum Gasteiger partial charge on any atom is -0.454 e. The minimum atomic E-state index is -0.630. The molecule has 0 bridgehead atoms. The molecule has 1 rings (SSSR count). The van der Waals surface area contributed by atoms with Gasteiger partial charge in [0.2, 0.25) is 0 Å². The van der Waals surface area contributed by atoms with Gasteiger partial charge in [0, 0.05) is 18.7 Å². The zero-order valence-corrected chi connectivity index (χ0v) is 17.3. The van der Waals surface area contributed by atoms with Gasteiger partial charge >= 0.3 is 5.97 Å². The number of carbonyl (C=O) groups excluding carboxylic acids is 3. The maximum Gasteiger partial charge on any atom is 0.325 e. The Hall–Kier alpha value is -2.37. The zero-order valence-electron chi connectivity index (χ0n) is 17.3. The first-order valence-corrected chi connectivity index (χ1v) is 9.38. The van der Waals surface area contributed by atoms with Crippen molar-refractivity contribution in [3.63, 3.8) is 0 Å². The fourth-order valence-electron chi connectivity index (χ4n) is 2.80. The second kappa shape index (κ2) is 10.7. The van der Waals surface area contributed by atoms with Crippen LogP contribution >= 0.6 is 0 Å². The maximum absolute atomic E-state index is 12.3. The van der Waals surface area contributed by atoms with Crippen LogP contribution in [0.15, 0.2) is 18.2 Å². The van der Waals surface area contributed by atoms with Crippen LogP contribution in [0.5, 0.6) is 0 Å². The van der Waals surface area contributed by atoms with E-state index in [4.69, 9.17) is 4.74 Å². The average molecular weight is 376 g/mol. The molecule has 0 unspecified atom stereocenters. The molecule has 0 saturated heterocycles. The maximum atomic E-state index is 12.3. The van der Waals surface area contributed by atoms with Crippen LogP contribution in [-0.4, -0.2) is 48.9 Å². The van der Waals surface area contributed by atoms with E-state index < -0.39 is 5.97 Å². The predicted molar refractivity (Wildman–Crippen MR) is 105 cm³/mol. The molecular formula is C21H32N2O4. The summed E-state index contributed by atoms with van der Waals surface area (Å²) in [6.45, 7) is 12.6. The van der Waals surface area contributed by atoms with Gasteiger partial charge in [0.1, 0.15) is 6.54 Å². The van der Waals surface area contributed by atoms with E-state index in [1.165, 1.54) is 0 Å². The summed E-state index contributed by atoms with van der Waals surface area (Å²) in [6, 6.07) is 5.48. The molecule has 2 amide bonds. The van der Waals surface area contributed by atoms with Crippen LogP contribution in [0.25, 0.3) is 0 Å². The second-order valence-corrected chi connectivity index (χ2v) is 7.81. The van der Waals surface area contributed by atoms with Gasteiger partial charge in [-0.1, -0.05) is 44.9 Å². The fourth-order valence-corrected chi connectivity index (χ4v) is 2.80. The Bertz CT molecular complexity index is 638. The van der Waals surface area contributed by atoms with Gasteiger partial charge in [0.25, 0.3) is 11.8 Å². The van der Waals surface area contributed by atoms with Crippen LogP contribution in [0.4, 0.5) is 0 Å². The molecule has 0 aliphatic carbocycles. The van der Waals surface area contributed by atoms with Crippen molar-refractivity contribution >= 4 is 17.8 Å². The third-order valence-corrected chi connectivity index (χ3v) is 3.76. The third-order valence-electron chi connectivity index (χ3n) is 3.76. The average Bonchev–Trinajstić information content (AvgIpc) is 2.55. The van der Waals surface area contributed by atoms with Crippen molar-refractivity contribution in [2.24, 2.45) is 11.8 Å². The van der Waals surface area contributed by atoms with E-state index in [1.807, 2.05) is 47.6 Å². The Balaban J connectivity index is 2.49. The standard InChI is InChI=1S/C21H32N2O4/c1-14(2)11-23(12-15(3)4)19(24)13-27-20(25)10-22-21(26)18-8-16(5)7-17(6)9-18/h7-9,14-15H,10-13H2,1-6H3,(H,22,26). The predicted octanol–water partition coefficient (Wildman–Crippen LogP) is 2.72. The van der Waals surface area contributed by atoms with Gasteiger partial charge in [-0.05, 0) is 37.8 Å². The van der Waals surface area contributed by atoms with Crippen molar-refractivity contribution in [1.29, 1.82) is 0 Å². The lowest BCUT2D eigenvalue weighted by atomic mass is 10.1.